The fraction of sp³-hybridized carbons (Fsp3) is 0.167. The average molecular weight is 311 g/mol. The highest BCUT2D eigenvalue weighted by molar-refractivity contribution is 5.78. The summed E-state index contributed by atoms with van der Waals surface area (Å²) in [6, 6.07) is 11.4. The zero-order chi connectivity index (χ0) is 16.2. The van der Waals surface area contributed by atoms with Crippen molar-refractivity contribution in [3.8, 4) is 17.2 Å². The molecule has 0 bridgehead atoms. The zero-order valence-electron chi connectivity index (χ0n) is 13.2. The van der Waals surface area contributed by atoms with Crippen molar-refractivity contribution in [2.45, 2.75) is 0 Å². The van der Waals surface area contributed by atoms with Crippen LogP contribution in [0.2, 0.25) is 0 Å². The van der Waals surface area contributed by atoms with E-state index in [4.69, 9.17) is 18.6 Å². The van der Waals surface area contributed by atoms with E-state index in [9.17, 15) is 0 Å². The third-order valence-corrected chi connectivity index (χ3v) is 3.45. The zero-order valence-corrected chi connectivity index (χ0v) is 13.2. The van der Waals surface area contributed by atoms with Crippen LogP contribution in [0.4, 0.5) is 0 Å². The molecule has 5 heteroatoms. The summed E-state index contributed by atoms with van der Waals surface area (Å²) >= 11 is 0. The molecule has 0 amide bonds. The van der Waals surface area contributed by atoms with Gasteiger partial charge in [0.25, 0.3) is 0 Å². The van der Waals surface area contributed by atoms with E-state index in [1.54, 1.807) is 27.4 Å². The molecule has 1 aromatic heterocycles. The molecule has 3 aromatic rings. The quantitative estimate of drug-likeness (QED) is 0.712. The van der Waals surface area contributed by atoms with Gasteiger partial charge < -0.3 is 18.6 Å². The molecule has 0 N–H and O–H groups in total. The summed E-state index contributed by atoms with van der Waals surface area (Å²) in [5.74, 6) is 2.29. The molecule has 0 aliphatic heterocycles. The van der Waals surface area contributed by atoms with E-state index in [-0.39, 0.29) is 0 Å². The van der Waals surface area contributed by atoms with Crippen molar-refractivity contribution in [2.24, 2.45) is 0 Å². The number of fused-ring (bicyclic) bond motifs is 1. The van der Waals surface area contributed by atoms with Crippen LogP contribution < -0.4 is 14.2 Å². The summed E-state index contributed by atoms with van der Waals surface area (Å²) in [6.07, 6.45) is 3.66. The van der Waals surface area contributed by atoms with Crippen molar-refractivity contribution in [3.63, 3.8) is 0 Å². The fourth-order valence-electron chi connectivity index (χ4n) is 2.38. The summed E-state index contributed by atoms with van der Waals surface area (Å²) in [6.45, 7) is 0. The number of nitrogens with zero attached hydrogens (tertiary/aromatic N) is 1. The normalized spacial score (nSPS) is 11.1. The highest BCUT2D eigenvalue weighted by Gasteiger charge is 2.14. The summed E-state index contributed by atoms with van der Waals surface area (Å²) in [5.41, 5.74) is 2.42. The molecule has 118 valence electrons. The lowest BCUT2D eigenvalue weighted by atomic mass is 10.1. The lowest BCUT2D eigenvalue weighted by Crippen LogP contribution is -1.96. The number of para-hydroxylation sites is 2. The molecule has 0 saturated carbocycles. The van der Waals surface area contributed by atoms with E-state index in [1.807, 2.05) is 42.5 Å². The van der Waals surface area contributed by atoms with Gasteiger partial charge in [-0.15, -0.1) is 0 Å². The largest absolute Gasteiger partial charge is 0.493 e. The third kappa shape index (κ3) is 2.85. The predicted molar refractivity (Wildman–Crippen MR) is 89.0 cm³/mol. The molecule has 0 aliphatic carbocycles. The number of oxazole rings is 1. The number of methoxy groups -OCH3 is 3. The molecule has 0 spiro atoms. The molecule has 0 radical (unpaired) electrons. The van der Waals surface area contributed by atoms with E-state index < -0.39 is 0 Å². The molecule has 0 atom stereocenters. The number of hydrogen-bond acceptors (Lipinski definition) is 5. The second-order valence-electron chi connectivity index (χ2n) is 4.78. The monoisotopic (exact) mass is 311 g/mol. The minimum Gasteiger partial charge on any atom is -0.493 e. The minimum atomic E-state index is 0.531. The smallest absolute Gasteiger partial charge is 0.220 e. The van der Waals surface area contributed by atoms with Crippen LogP contribution in [0.5, 0.6) is 17.2 Å². The van der Waals surface area contributed by atoms with Crippen LogP contribution in [-0.4, -0.2) is 26.3 Å². The molecule has 5 nitrogen and oxygen atoms in total. The van der Waals surface area contributed by atoms with Crippen molar-refractivity contribution < 1.29 is 18.6 Å². The molecular formula is C18H17NO4. The fourth-order valence-corrected chi connectivity index (χ4v) is 2.38. The van der Waals surface area contributed by atoms with E-state index in [0.717, 1.165) is 16.7 Å². The van der Waals surface area contributed by atoms with Gasteiger partial charge in [0.05, 0.1) is 21.3 Å². The van der Waals surface area contributed by atoms with Crippen molar-refractivity contribution >= 4 is 23.3 Å². The molecule has 2 aromatic carbocycles. The van der Waals surface area contributed by atoms with Gasteiger partial charge in [-0.3, -0.25) is 0 Å². The van der Waals surface area contributed by atoms with Crippen LogP contribution >= 0.6 is 0 Å². The van der Waals surface area contributed by atoms with E-state index >= 15 is 0 Å². The Hall–Kier alpha value is -2.95. The minimum absolute atomic E-state index is 0.531. The maximum Gasteiger partial charge on any atom is 0.220 e. The molecular weight excluding hydrogens is 294 g/mol. The van der Waals surface area contributed by atoms with Crippen LogP contribution in [0.3, 0.4) is 0 Å². The van der Waals surface area contributed by atoms with Crippen LogP contribution in [0.1, 0.15) is 11.5 Å². The SMILES string of the molecule is COc1ccc(/C=C\c2nc3ccccc3o2)c(OC)c1OC. The molecule has 0 aliphatic rings. The van der Waals surface area contributed by atoms with Crippen LogP contribution in [-0.2, 0) is 0 Å². The first-order valence-electron chi connectivity index (χ1n) is 7.09. The Morgan fingerprint density at radius 3 is 2.35 bits per heavy atom. The maximum atomic E-state index is 5.67. The predicted octanol–water partition coefficient (Wildman–Crippen LogP) is 4.02. The van der Waals surface area contributed by atoms with Crippen LogP contribution in [0.25, 0.3) is 23.3 Å². The van der Waals surface area contributed by atoms with Crippen molar-refractivity contribution in [1.29, 1.82) is 0 Å². The second kappa shape index (κ2) is 6.44. The van der Waals surface area contributed by atoms with Gasteiger partial charge in [0.2, 0.25) is 11.6 Å². The summed E-state index contributed by atoms with van der Waals surface area (Å²) in [7, 11) is 4.76. The Balaban J connectivity index is 1.98. The number of hydrogen-bond donors (Lipinski definition) is 0. The maximum absolute atomic E-state index is 5.67. The number of benzene rings is 2. The molecule has 0 unspecified atom stereocenters. The lowest BCUT2D eigenvalue weighted by molar-refractivity contribution is 0.324. The van der Waals surface area contributed by atoms with E-state index in [2.05, 4.69) is 4.98 Å². The molecule has 1 heterocycles. The Morgan fingerprint density at radius 2 is 1.65 bits per heavy atom. The summed E-state index contributed by atoms with van der Waals surface area (Å²) in [5, 5.41) is 0. The molecule has 0 saturated heterocycles. The van der Waals surface area contributed by atoms with Gasteiger partial charge in [0.1, 0.15) is 5.52 Å². The van der Waals surface area contributed by atoms with Gasteiger partial charge in [-0.1, -0.05) is 12.1 Å². The van der Waals surface area contributed by atoms with Crippen LogP contribution in [0.15, 0.2) is 40.8 Å². The van der Waals surface area contributed by atoms with Gasteiger partial charge in [0.15, 0.2) is 17.1 Å². The molecule has 3 rings (SSSR count). The average Bonchev–Trinajstić information content (AvgIpc) is 3.01. The molecule has 23 heavy (non-hydrogen) atoms. The highest BCUT2D eigenvalue weighted by Crippen LogP contribution is 2.40. The Morgan fingerprint density at radius 1 is 0.870 bits per heavy atom. The summed E-state index contributed by atoms with van der Waals surface area (Å²) in [4.78, 5) is 4.41. The van der Waals surface area contributed by atoms with Gasteiger partial charge in [-0.05, 0) is 30.3 Å². The second-order valence-corrected chi connectivity index (χ2v) is 4.78. The Bertz CT molecular complexity index is 818. The van der Waals surface area contributed by atoms with Crippen molar-refractivity contribution in [1.82, 2.24) is 4.98 Å². The molecule has 0 fully saturated rings. The Kier molecular flexibility index (Phi) is 4.19. The third-order valence-electron chi connectivity index (χ3n) is 3.45. The van der Waals surface area contributed by atoms with Gasteiger partial charge >= 0.3 is 0 Å². The first kappa shape index (κ1) is 15.0. The van der Waals surface area contributed by atoms with Crippen molar-refractivity contribution in [2.75, 3.05) is 21.3 Å². The number of aromatic nitrogens is 1. The van der Waals surface area contributed by atoms with Crippen LogP contribution in [0, 0.1) is 0 Å². The van der Waals surface area contributed by atoms with E-state index in [0.29, 0.717) is 23.1 Å². The van der Waals surface area contributed by atoms with E-state index in [1.165, 1.54) is 0 Å². The number of ether oxygens (including phenoxy) is 3. The van der Waals surface area contributed by atoms with Gasteiger partial charge in [-0.25, -0.2) is 4.98 Å². The number of rotatable bonds is 5. The van der Waals surface area contributed by atoms with Gasteiger partial charge in [-0.2, -0.15) is 0 Å². The Labute approximate surface area is 134 Å². The highest BCUT2D eigenvalue weighted by atomic mass is 16.5. The van der Waals surface area contributed by atoms with Gasteiger partial charge in [0, 0.05) is 11.6 Å². The first-order chi connectivity index (χ1) is 11.3. The summed E-state index contributed by atoms with van der Waals surface area (Å²) < 4.78 is 21.8. The standard InChI is InChI=1S/C18H17NO4/c1-20-15-10-8-12(17(21-2)18(15)22-3)9-11-16-19-13-6-4-5-7-14(13)23-16/h4-11H,1-3H3/b11-9-. The lowest BCUT2D eigenvalue weighted by Gasteiger charge is -2.13. The van der Waals surface area contributed by atoms with Crippen molar-refractivity contribution in [3.05, 3.63) is 47.9 Å². The first-order valence-corrected chi connectivity index (χ1v) is 7.09. The topological polar surface area (TPSA) is 53.7 Å².